The van der Waals surface area contributed by atoms with Crippen molar-refractivity contribution in [2.45, 2.75) is 19.1 Å². The highest BCUT2D eigenvalue weighted by Gasteiger charge is 2.30. The number of halogens is 1. The number of anilines is 1. The van der Waals surface area contributed by atoms with Gasteiger partial charge in [0, 0.05) is 25.1 Å². The lowest BCUT2D eigenvalue weighted by atomic mass is 9.39. The summed E-state index contributed by atoms with van der Waals surface area (Å²) in [7, 11) is 0. The van der Waals surface area contributed by atoms with Gasteiger partial charge in [-0.05, 0) is 23.7 Å². The lowest BCUT2D eigenvalue weighted by Crippen LogP contribution is -2.41. The van der Waals surface area contributed by atoms with Crippen molar-refractivity contribution in [1.82, 2.24) is 9.97 Å². The lowest BCUT2D eigenvalue weighted by Gasteiger charge is -2.33. The maximum Gasteiger partial charge on any atom is 0.274 e. The van der Waals surface area contributed by atoms with Gasteiger partial charge in [0.25, 0.3) is 6.71 Å². The van der Waals surface area contributed by atoms with Gasteiger partial charge in [0.1, 0.15) is 17.6 Å². The molecule has 90 valence electrons. The summed E-state index contributed by atoms with van der Waals surface area (Å²) in [5.74, 6) is 3.26. The summed E-state index contributed by atoms with van der Waals surface area (Å²) >= 11 is 5.79. The molecule has 0 aliphatic carbocycles. The molecular weight excluding hydrogens is 248 g/mol. The van der Waals surface area contributed by atoms with Crippen molar-refractivity contribution in [3.05, 3.63) is 17.0 Å². The molecule has 2 heterocycles. The van der Waals surface area contributed by atoms with E-state index in [1.54, 1.807) is 6.07 Å². The Labute approximate surface area is 111 Å². The molecule has 1 aliphatic heterocycles. The molecule has 1 atom stereocenters. The Balaban J connectivity index is 2.21. The van der Waals surface area contributed by atoms with Crippen molar-refractivity contribution in [3.8, 4) is 12.0 Å². The van der Waals surface area contributed by atoms with Crippen LogP contribution in [0.5, 0.6) is 0 Å². The third-order valence-electron chi connectivity index (χ3n) is 3.19. The molecule has 0 saturated carbocycles. The van der Waals surface area contributed by atoms with E-state index in [2.05, 4.69) is 15.9 Å². The number of hydrogen-bond acceptors (Lipinski definition) is 5. The van der Waals surface area contributed by atoms with Crippen LogP contribution in [0.4, 0.5) is 5.82 Å². The van der Waals surface area contributed by atoms with Crippen LogP contribution in [-0.4, -0.2) is 29.8 Å². The highest BCUT2D eigenvalue weighted by Crippen LogP contribution is 2.25. The fourth-order valence-electron chi connectivity index (χ4n) is 2.17. The molecule has 1 aliphatic rings. The van der Waals surface area contributed by atoms with Gasteiger partial charge in [-0.3, -0.25) is 0 Å². The predicted molar refractivity (Wildman–Crippen MR) is 69.6 cm³/mol. The molecule has 1 aromatic rings. The van der Waals surface area contributed by atoms with Crippen LogP contribution in [-0.2, 0) is 0 Å². The van der Waals surface area contributed by atoms with Crippen LogP contribution < -0.4 is 4.90 Å². The fourth-order valence-corrected chi connectivity index (χ4v) is 2.35. The summed E-state index contributed by atoms with van der Waals surface area (Å²) in [5, 5.41) is 17.9. The summed E-state index contributed by atoms with van der Waals surface area (Å²) in [6.45, 7) is 3.64. The molecule has 18 heavy (non-hydrogen) atoms. The van der Waals surface area contributed by atoms with Crippen LogP contribution in [0, 0.1) is 22.6 Å². The maximum atomic E-state index is 8.99. The van der Waals surface area contributed by atoms with Crippen molar-refractivity contribution >= 4 is 24.1 Å². The van der Waals surface area contributed by atoms with Gasteiger partial charge in [-0.15, -0.1) is 0 Å². The number of rotatable bonds is 1. The Morgan fingerprint density at radius 3 is 2.89 bits per heavy atom. The van der Waals surface area contributed by atoms with Crippen molar-refractivity contribution in [2.75, 3.05) is 18.0 Å². The van der Waals surface area contributed by atoms with E-state index in [1.165, 1.54) is 0 Å². The van der Waals surface area contributed by atoms with Crippen molar-refractivity contribution in [2.24, 2.45) is 0 Å². The van der Waals surface area contributed by atoms with Gasteiger partial charge in [0.05, 0.1) is 0 Å². The van der Waals surface area contributed by atoms with Gasteiger partial charge in [-0.1, -0.05) is 6.92 Å². The molecule has 5 nitrogen and oxygen atoms in total. The zero-order chi connectivity index (χ0) is 13.1. The van der Waals surface area contributed by atoms with Crippen LogP contribution in [0.3, 0.4) is 0 Å². The summed E-state index contributed by atoms with van der Waals surface area (Å²) in [6.07, 6.45) is 0.807. The van der Waals surface area contributed by atoms with Crippen molar-refractivity contribution < 1.29 is 0 Å². The predicted octanol–water partition coefficient (Wildman–Crippen LogP) is 1.77. The molecule has 1 fully saturated rings. The molecule has 0 radical (unpaired) electrons. The monoisotopic (exact) mass is 259 g/mol. The van der Waals surface area contributed by atoms with Gasteiger partial charge < -0.3 is 4.90 Å². The Morgan fingerprint density at radius 2 is 2.28 bits per heavy atom. The SMILES string of the molecule is C[C@H]1CN(c2cc(C#N)nc(Cl)n2)CCB1C#N. The average Bonchev–Trinajstić information content (AvgIpc) is 2.37. The highest BCUT2D eigenvalue weighted by atomic mass is 35.5. The minimum absolute atomic E-state index is 0.0825. The molecule has 0 unspecified atom stereocenters. The van der Waals surface area contributed by atoms with Crippen LogP contribution in [0.1, 0.15) is 12.6 Å². The minimum Gasteiger partial charge on any atom is -0.357 e. The minimum atomic E-state index is 0.0825. The first-order valence-electron chi connectivity index (χ1n) is 5.73. The first-order valence-corrected chi connectivity index (χ1v) is 6.11. The number of nitriles is 2. The summed E-state index contributed by atoms with van der Waals surface area (Å²) in [5.41, 5.74) is 0.264. The molecule has 2 rings (SSSR count). The van der Waals surface area contributed by atoms with Crippen LogP contribution in [0.25, 0.3) is 0 Å². The van der Waals surface area contributed by atoms with E-state index < -0.39 is 0 Å². The lowest BCUT2D eigenvalue weighted by molar-refractivity contribution is 0.727. The first-order chi connectivity index (χ1) is 8.63. The Kier molecular flexibility index (Phi) is 3.69. The van der Waals surface area contributed by atoms with E-state index in [0.29, 0.717) is 5.82 Å². The number of aromatic nitrogens is 2. The molecule has 0 aromatic carbocycles. The Bertz CT molecular complexity index is 535. The molecule has 1 aromatic heterocycles. The van der Waals surface area contributed by atoms with Gasteiger partial charge >= 0.3 is 0 Å². The zero-order valence-electron chi connectivity index (χ0n) is 9.97. The Morgan fingerprint density at radius 1 is 1.50 bits per heavy atom. The smallest absolute Gasteiger partial charge is 0.274 e. The summed E-state index contributed by atoms with van der Waals surface area (Å²) in [6, 6.07) is 3.59. The van der Waals surface area contributed by atoms with E-state index in [-0.39, 0.29) is 23.5 Å². The van der Waals surface area contributed by atoms with E-state index in [1.807, 2.05) is 17.9 Å². The van der Waals surface area contributed by atoms with Crippen LogP contribution in [0.15, 0.2) is 6.07 Å². The molecule has 0 spiro atoms. The zero-order valence-corrected chi connectivity index (χ0v) is 10.7. The average molecular weight is 260 g/mol. The third-order valence-corrected chi connectivity index (χ3v) is 3.36. The van der Waals surface area contributed by atoms with Gasteiger partial charge in [0.2, 0.25) is 5.28 Å². The molecule has 1 saturated heterocycles. The second kappa shape index (κ2) is 5.24. The van der Waals surface area contributed by atoms with Crippen molar-refractivity contribution in [1.29, 1.82) is 10.5 Å². The van der Waals surface area contributed by atoms with Crippen LogP contribution >= 0.6 is 11.6 Å². The molecule has 0 bridgehead atoms. The number of hydrogen-bond donors (Lipinski definition) is 0. The van der Waals surface area contributed by atoms with Crippen LogP contribution in [0.2, 0.25) is 17.4 Å². The maximum absolute atomic E-state index is 8.99. The standard InChI is InChI=1S/C11H11BClN5/c1-8-6-18(3-2-12(8)7-15)10-4-9(5-14)16-11(13)17-10/h4,8H,2-3,6H2,1H3/t8-/m0/s1. The molecule has 0 amide bonds. The van der Waals surface area contributed by atoms with Gasteiger partial charge in [0.15, 0.2) is 0 Å². The normalized spacial score (nSPS) is 19.2. The van der Waals surface area contributed by atoms with Gasteiger partial charge in [-0.2, -0.15) is 5.26 Å². The Hall–Kier alpha value is -1.79. The summed E-state index contributed by atoms with van der Waals surface area (Å²) < 4.78 is 0. The topological polar surface area (TPSA) is 76.6 Å². The van der Waals surface area contributed by atoms with Gasteiger partial charge in [-0.25, -0.2) is 15.2 Å². The van der Waals surface area contributed by atoms with E-state index >= 15 is 0 Å². The largest absolute Gasteiger partial charge is 0.357 e. The van der Waals surface area contributed by atoms with E-state index in [9.17, 15) is 0 Å². The molecule has 0 N–H and O–H groups in total. The molecular formula is C11H11BClN5. The highest BCUT2D eigenvalue weighted by molar-refractivity contribution is 6.68. The second-order valence-corrected chi connectivity index (χ2v) is 4.78. The first kappa shape index (κ1) is 12.7. The third kappa shape index (κ3) is 2.55. The summed E-state index contributed by atoms with van der Waals surface area (Å²) in [4.78, 5) is 10.00. The number of nitrogens with zero attached hydrogens (tertiary/aromatic N) is 5. The van der Waals surface area contributed by atoms with E-state index in [0.717, 1.165) is 19.4 Å². The quantitative estimate of drug-likeness (QED) is 0.567. The fraction of sp³-hybridized carbons (Fsp3) is 0.455. The van der Waals surface area contributed by atoms with E-state index in [4.69, 9.17) is 22.1 Å². The second-order valence-electron chi connectivity index (χ2n) is 4.44. The molecule has 7 heteroatoms. The van der Waals surface area contributed by atoms with Crippen molar-refractivity contribution in [3.63, 3.8) is 0 Å².